The van der Waals surface area contributed by atoms with Crippen LogP contribution >= 0.6 is 0 Å². The number of hydrogen-bond acceptors (Lipinski definition) is 3. The summed E-state index contributed by atoms with van der Waals surface area (Å²) in [4.78, 5) is 21.8. The van der Waals surface area contributed by atoms with E-state index in [1.54, 1.807) is 0 Å². The van der Waals surface area contributed by atoms with Gasteiger partial charge in [-0.25, -0.2) is 4.79 Å². The Morgan fingerprint density at radius 2 is 2.08 bits per heavy atom. The van der Waals surface area contributed by atoms with Gasteiger partial charge in [-0.05, 0) is 25.7 Å². The first-order chi connectivity index (χ1) is 6.02. The topological polar surface area (TPSA) is 92.4 Å². The molecule has 0 bridgehead atoms. The quantitative estimate of drug-likeness (QED) is 0.542. The number of carbonyl (C=O) groups is 2. The molecule has 2 unspecified atom stereocenters. The molecular formula is C8H14N2O3. The predicted molar refractivity (Wildman–Crippen MR) is 45.9 cm³/mol. The summed E-state index contributed by atoms with van der Waals surface area (Å²) in [6.07, 6.45) is 1.74. The average molecular weight is 186 g/mol. The first-order valence-corrected chi connectivity index (χ1v) is 4.31. The summed E-state index contributed by atoms with van der Waals surface area (Å²) < 4.78 is 0. The SMILES string of the molecule is CC(N)C(=O)NC(C(=O)O)C1CC1. The zero-order valence-electron chi connectivity index (χ0n) is 7.49. The van der Waals surface area contributed by atoms with Crippen molar-refractivity contribution in [3.8, 4) is 0 Å². The molecule has 0 aromatic heterocycles. The number of carboxylic acid groups (broad SMARTS) is 1. The lowest BCUT2D eigenvalue weighted by atomic mass is 10.2. The van der Waals surface area contributed by atoms with Crippen LogP contribution in [0, 0.1) is 5.92 Å². The van der Waals surface area contributed by atoms with Gasteiger partial charge in [0.1, 0.15) is 6.04 Å². The Bertz CT molecular complexity index is 223. The molecule has 5 heteroatoms. The maximum atomic E-state index is 11.1. The lowest BCUT2D eigenvalue weighted by molar-refractivity contribution is -0.142. The normalized spacial score (nSPS) is 20.5. The summed E-state index contributed by atoms with van der Waals surface area (Å²) in [6, 6.07) is -1.40. The average Bonchev–Trinajstić information content (AvgIpc) is 2.81. The molecule has 1 aliphatic carbocycles. The van der Waals surface area contributed by atoms with Crippen molar-refractivity contribution < 1.29 is 14.7 Å². The van der Waals surface area contributed by atoms with E-state index in [1.807, 2.05) is 0 Å². The number of nitrogens with one attached hydrogen (secondary N) is 1. The molecule has 1 amide bonds. The number of nitrogens with two attached hydrogens (primary N) is 1. The molecule has 2 atom stereocenters. The number of carboxylic acids is 1. The number of hydrogen-bond donors (Lipinski definition) is 3. The molecule has 1 saturated carbocycles. The van der Waals surface area contributed by atoms with E-state index in [-0.39, 0.29) is 5.92 Å². The Morgan fingerprint density at radius 3 is 2.38 bits per heavy atom. The van der Waals surface area contributed by atoms with Crippen LogP contribution in [0.3, 0.4) is 0 Å². The van der Waals surface area contributed by atoms with Crippen LogP contribution in [-0.2, 0) is 9.59 Å². The van der Waals surface area contributed by atoms with Gasteiger partial charge in [0, 0.05) is 0 Å². The van der Waals surface area contributed by atoms with Crippen molar-refractivity contribution in [3.05, 3.63) is 0 Å². The summed E-state index contributed by atoms with van der Waals surface area (Å²) in [7, 11) is 0. The minimum Gasteiger partial charge on any atom is -0.480 e. The van der Waals surface area contributed by atoms with Crippen molar-refractivity contribution in [2.24, 2.45) is 11.7 Å². The summed E-state index contributed by atoms with van der Waals surface area (Å²) >= 11 is 0. The molecule has 13 heavy (non-hydrogen) atoms. The number of aliphatic carboxylic acids is 1. The van der Waals surface area contributed by atoms with Crippen molar-refractivity contribution in [2.45, 2.75) is 31.8 Å². The molecule has 0 saturated heterocycles. The highest BCUT2D eigenvalue weighted by atomic mass is 16.4. The molecule has 0 spiro atoms. The van der Waals surface area contributed by atoms with Crippen LogP contribution in [0.4, 0.5) is 0 Å². The van der Waals surface area contributed by atoms with E-state index in [0.717, 1.165) is 12.8 Å². The van der Waals surface area contributed by atoms with Gasteiger partial charge in [-0.15, -0.1) is 0 Å². The summed E-state index contributed by atoms with van der Waals surface area (Å²) in [6.45, 7) is 1.53. The molecule has 5 nitrogen and oxygen atoms in total. The third-order valence-corrected chi connectivity index (χ3v) is 2.07. The van der Waals surface area contributed by atoms with E-state index in [0.29, 0.717) is 0 Å². The molecule has 0 heterocycles. The third-order valence-electron chi connectivity index (χ3n) is 2.07. The Balaban J connectivity index is 2.47. The maximum absolute atomic E-state index is 11.1. The smallest absolute Gasteiger partial charge is 0.326 e. The fraction of sp³-hybridized carbons (Fsp3) is 0.750. The summed E-state index contributed by atoms with van der Waals surface area (Å²) in [5.41, 5.74) is 5.30. The van der Waals surface area contributed by atoms with Gasteiger partial charge in [-0.2, -0.15) is 0 Å². The Hall–Kier alpha value is -1.10. The second-order valence-electron chi connectivity index (χ2n) is 3.45. The molecule has 0 aliphatic heterocycles. The molecular weight excluding hydrogens is 172 g/mol. The molecule has 0 aromatic carbocycles. The lowest BCUT2D eigenvalue weighted by Gasteiger charge is -2.14. The molecule has 0 radical (unpaired) electrons. The Morgan fingerprint density at radius 1 is 1.54 bits per heavy atom. The second-order valence-corrected chi connectivity index (χ2v) is 3.45. The van der Waals surface area contributed by atoms with Crippen molar-refractivity contribution in [3.63, 3.8) is 0 Å². The van der Waals surface area contributed by atoms with Gasteiger partial charge in [0.2, 0.25) is 5.91 Å². The second kappa shape index (κ2) is 3.74. The maximum Gasteiger partial charge on any atom is 0.326 e. The van der Waals surface area contributed by atoms with Crippen LogP contribution in [0.1, 0.15) is 19.8 Å². The van der Waals surface area contributed by atoms with Gasteiger partial charge in [0.25, 0.3) is 0 Å². The fourth-order valence-electron chi connectivity index (χ4n) is 1.10. The van der Waals surface area contributed by atoms with Crippen LogP contribution in [0.25, 0.3) is 0 Å². The summed E-state index contributed by atoms with van der Waals surface area (Å²) in [5.74, 6) is -1.28. The predicted octanol–water partition coefficient (Wildman–Crippen LogP) is -0.687. The van der Waals surface area contributed by atoms with E-state index in [4.69, 9.17) is 10.8 Å². The molecule has 1 fully saturated rings. The van der Waals surface area contributed by atoms with E-state index in [2.05, 4.69) is 5.32 Å². The molecule has 74 valence electrons. The van der Waals surface area contributed by atoms with Crippen LogP contribution in [0.15, 0.2) is 0 Å². The lowest BCUT2D eigenvalue weighted by Crippen LogP contribution is -2.48. The highest BCUT2D eigenvalue weighted by molar-refractivity contribution is 5.86. The van der Waals surface area contributed by atoms with Gasteiger partial charge in [-0.3, -0.25) is 4.79 Å². The third kappa shape index (κ3) is 2.69. The van der Waals surface area contributed by atoms with Crippen molar-refractivity contribution in [1.82, 2.24) is 5.32 Å². The number of carbonyl (C=O) groups excluding carboxylic acids is 1. The van der Waals surface area contributed by atoms with Crippen LogP contribution < -0.4 is 11.1 Å². The van der Waals surface area contributed by atoms with Gasteiger partial charge < -0.3 is 16.2 Å². The highest BCUT2D eigenvalue weighted by Gasteiger charge is 2.37. The van der Waals surface area contributed by atoms with E-state index >= 15 is 0 Å². The van der Waals surface area contributed by atoms with Gasteiger partial charge >= 0.3 is 5.97 Å². The molecule has 1 aliphatic rings. The largest absolute Gasteiger partial charge is 0.480 e. The first-order valence-electron chi connectivity index (χ1n) is 4.31. The van der Waals surface area contributed by atoms with Crippen LogP contribution in [0.2, 0.25) is 0 Å². The van der Waals surface area contributed by atoms with Gasteiger partial charge in [-0.1, -0.05) is 0 Å². The van der Waals surface area contributed by atoms with Crippen LogP contribution in [0.5, 0.6) is 0 Å². The number of amides is 1. The fourth-order valence-corrected chi connectivity index (χ4v) is 1.10. The molecule has 0 aromatic rings. The van der Waals surface area contributed by atoms with E-state index in [1.165, 1.54) is 6.92 Å². The van der Waals surface area contributed by atoms with Gasteiger partial charge in [0.05, 0.1) is 6.04 Å². The minimum absolute atomic E-state index is 0.0974. The standard InChI is InChI=1S/C8H14N2O3/c1-4(9)7(11)10-6(8(12)13)5-2-3-5/h4-6H,2-3,9H2,1H3,(H,10,11)(H,12,13). The van der Waals surface area contributed by atoms with Crippen molar-refractivity contribution in [1.29, 1.82) is 0 Å². The minimum atomic E-state index is -0.975. The molecule has 4 N–H and O–H groups in total. The summed E-state index contributed by atoms with van der Waals surface area (Å²) in [5, 5.41) is 11.2. The van der Waals surface area contributed by atoms with E-state index < -0.39 is 24.0 Å². The zero-order chi connectivity index (χ0) is 10.0. The Kier molecular flexibility index (Phi) is 2.87. The van der Waals surface area contributed by atoms with Gasteiger partial charge in [0.15, 0.2) is 0 Å². The van der Waals surface area contributed by atoms with Crippen molar-refractivity contribution >= 4 is 11.9 Å². The zero-order valence-corrected chi connectivity index (χ0v) is 7.49. The van der Waals surface area contributed by atoms with Crippen LogP contribution in [-0.4, -0.2) is 29.1 Å². The first kappa shape index (κ1) is 9.98. The van der Waals surface area contributed by atoms with E-state index in [9.17, 15) is 9.59 Å². The number of rotatable bonds is 4. The van der Waals surface area contributed by atoms with Crippen molar-refractivity contribution in [2.75, 3.05) is 0 Å². The monoisotopic (exact) mass is 186 g/mol. The highest BCUT2D eigenvalue weighted by Crippen LogP contribution is 2.32. The Labute approximate surface area is 76.3 Å². The molecule has 1 rings (SSSR count).